The molecule has 3 aromatic heterocycles. The molecule has 0 aliphatic carbocycles. The van der Waals surface area contributed by atoms with Crippen LogP contribution in [0.15, 0.2) is 53.2 Å². The van der Waals surface area contributed by atoms with E-state index in [1.807, 2.05) is 33.2 Å². The average Bonchev–Trinajstić information content (AvgIpc) is 3.40. The summed E-state index contributed by atoms with van der Waals surface area (Å²) in [4.78, 5) is 31.9. The van der Waals surface area contributed by atoms with Crippen LogP contribution in [0.5, 0.6) is 0 Å². The largest absolute Gasteiger partial charge is 0.340 e. The first kappa shape index (κ1) is 17.7. The molecule has 1 saturated heterocycles. The van der Waals surface area contributed by atoms with Gasteiger partial charge in [-0.25, -0.2) is 9.67 Å². The maximum absolute atomic E-state index is 12.6. The molecule has 3 aromatic rings. The van der Waals surface area contributed by atoms with Gasteiger partial charge < -0.3 is 9.47 Å². The van der Waals surface area contributed by atoms with Crippen LogP contribution in [0, 0.1) is 0 Å². The van der Waals surface area contributed by atoms with E-state index in [1.54, 1.807) is 40.7 Å². The highest BCUT2D eigenvalue weighted by atomic mass is 32.1. The molecule has 1 fully saturated rings. The van der Waals surface area contributed by atoms with Crippen molar-refractivity contribution in [2.45, 2.75) is 31.8 Å². The number of piperidine rings is 1. The van der Waals surface area contributed by atoms with Gasteiger partial charge in [-0.3, -0.25) is 9.59 Å². The summed E-state index contributed by atoms with van der Waals surface area (Å²) in [5.41, 5.74) is 0.682. The van der Waals surface area contributed by atoms with E-state index < -0.39 is 0 Å². The molecule has 0 radical (unpaired) electrons. The van der Waals surface area contributed by atoms with E-state index in [0.717, 1.165) is 30.0 Å². The minimum absolute atomic E-state index is 0.0802. The Hall–Kier alpha value is -2.74. The molecule has 7 nitrogen and oxygen atoms in total. The Labute approximate surface area is 160 Å². The molecule has 0 aromatic carbocycles. The highest BCUT2D eigenvalue weighted by Crippen LogP contribution is 2.24. The summed E-state index contributed by atoms with van der Waals surface area (Å²) in [5, 5.41) is 6.58. The average molecular weight is 383 g/mol. The molecule has 0 N–H and O–H groups in total. The van der Waals surface area contributed by atoms with E-state index in [4.69, 9.17) is 0 Å². The van der Waals surface area contributed by atoms with Gasteiger partial charge in [0, 0.05) is 44.5 Å². The molecule has 0 bridgehead atoms. The van der Waals surface area contributed by atoms with Crippen molar-refractivity contribution in [1.29, 1.82) is 0 Å². The second kappa shape index (κ2) is 7.87. The van der Waals surface area contributed by atoms with Gasteiger partial charge >= 0.3 is 0 Å². The predicted molar refractivity (Wildman–Crippen MR) is 104 cm³/mol. The number of carbonyl (C=O) groups is 1. The summed E-state index contributed by atoms with van der Waals surface area (Å²) < 4.78 is 3.46. The highest BCUT2D eigenvalue weighted by Gasteiger charge is 2.26. The van der Waals surface area contributed by atoms with Crippen molar-refractivity contribution in [2.75, 3.05) is 13.1 Å². The fourth-order valence-electron chi connectivity index (χ4n) is 3.43. The lowest BCUT2D eigenvalue weighted by Gasteiger charge is -2.33. The van der Waals surface area contributed by atoms with Gasteiger partial charge in [0.15, 0.2) is 0 Å². The van der Waals surface area contributed by atoms with Crippen LogP contribution in [-0.2, 0) is 11.3 Å². The quantitative estimate of drug-likeness (QED) is 0.678. The van der Waals surface area contributed by atoms with Crippen molar-refractivity contribution in [1.82, 2.24) is 24.2 Å². The first-order chi connectivity index (χ1) is 13.2. The van der Waals surface area contributed by atoms with Crippen LogP contribution >= 0.6 is 11.3 Å². The number of rotatable bonds is 5. The van der Waals surface area contributed by atoms with Gasteiger partial charge in [-0.15, -0.1) is 11.3 Å². The molecular weight excluding hydrogens is 362 g/mol. The van der Waals surface area contributed by atoms with Crippen LogP contribution in [0.3, 0.4) is 0 Å². The van der Waals surface area contributed by atoms with E-state index >= 15 is 0 Å². The number of aromatic nitrogens is 4. The van der Waals surface area contributed by atoms with Gasteiger partial charge in [0.2, 0.25) is 5.91 Å². The summed E-state index contributed by atoms with van der Waals surface area (Å²) in [5.74, 6) is 0.107. The van der Waals surface area contributed by atoms with Gasteiger partial charge in [0.05, 0.1) is 17.2 Å². The Bertz CT molecular complexity index is 949. The maximum Gasteiger partial charge on any atom is 0.267 e. The molecule has 1 aliphatic rings. The number of carbonyl (C=O) groups excluding carboxylic acids is 1. The lowest BCUT2D eigenvalue weighted by atomic mass is 10.1. The van der Waals surface area contributed by atoms with Gasteiger partial charge in [-0.05, 0) is 30.4 Å². The van der Waals surface area contributed by atoms with Crippen LogP contribution in [-0.4, -0.2) is 43.2 Å². The topological polar surface area (TPSA) is 73.0 Å². The second-order valence-electron chi connectivity index (χ2n) is 6.66. The van der Waals surface area contributed by atoms with Crippen molar-refractivity contribution in [3.8, 4) is 10.6 Å². The summed E-state index contributed by atoms with van der Waals surface area (Å²) >= 11 is 1.60. The lowest BCUT2D eigenvalue weighted by Crippen LogP contribution is -2.43. The summed E-state index contributed by atoms with van der Waals surface area (Å²) in [7, 11) is 0. The molecule has 1 atom stereocenters. The molecule has 8 heteroatoms. The first-order valence-corrected chi connectivity index (χ1v) is 9.96. The number of nitrogens with zero attached hydrogens (tertiary/aromatic N) is 5. The van der Waals surface area contributed by atoms with Crippen LogP contribution < -0.4 is 5.56 Å². The van der Waals surface area contributed by atoms with Crippen molar-refractivity contribution in [3.05, 3.63) is 58.7 Å². The summed E-state index contributed by atoms with van der Waals surface area (Å²) in [6.07, 6.45) is 7.43. The third-order valence-corrected chi connectivity index (χ3v) is 5.73. The van der Waals surface area contributed by atoms with Crippen molar-refractivity contribution >= 4 is 17.2 Å². The molecule has 4 heterocycles. The monoisotopic (exact) mass is 383 g/mol. The standard InChI is InChI=1S/C19H21N5O2S/c25-18(7-10-22-11-8-20-14-22)23-9-1-3-15(13-23)24-19(26)6-5-16(21-24)17-4-2-12-27-17/h2,4-6,8,11-12,14-15H,1,3,7,9-10,13H2/t15-/m0/s1. The van der Waals surface area contributed by atoms with Crippen LogP contribution in [0.4, 0.5) is 0 Å². The zero-order valence-corrected chi connectivity index (χ0v) is 15.7. The highest BCUT2D eigenvalue weighted by molar-refractivity contribution is 7.13. The zero-order chi connectivity index (χ0) is 18.6. The molecule has 140 valence electrons. The van der Waals surface area contributed by atoms with Crippen LogP contribution in [0.1, 0.15) is 25.3 Å². The Balaban J connectivity index is 1.47. The van der Waals surface area contributed by atoms with Crippen molar-refractivity contribution < 1.29 is 4.79 Å². The SMILES string of the molecule is O=C(CCn1ccnc1)N1CCC[C@H](n2nc(-c3cccs3)ccc2=O)C1. The van der Waals surface area contributed by atoms with E-state index in [1.165, 1.54) is 0 Å². The number of likely N-dealkylation sites (tertiary alicyclic amines) is 1. The normalized spacial score (nSPS) is 17.2. The third kappa shape index (κ3) is 4.00. The van der Waals surface area contributed by atoms with E-state index in [0.29, 0.717) is 19.5 Å². The number of thiophene rings is 1. The van der Waals surface area contributed by atoms with Crippen LogP contribution in [0.2, 0.25) is 0 Å². The number of amides is 1. The predicted octanol–water partition coefficient (Wildman–Crippen LogP) is 2.42. The molecule has 0 spiro atoms. The molecular formula is C19H21N5O2S. The zero-order valence-electron chi connectivity index (χ0n) is 14.9. The first-order valence-electron chi connectivity index (χ1n) is 9.08. The second-order valence-corrected chi connectivity index (χ2v) is 7.61. The molecule has 1 aliphatic heterocycles. The third-order valence-electron chi connectivity index (χ3n) is 4.84. The lowest BCUT2D eigenvalue weighted by molar-refractivity contribution is -0.133. The van der Waals surface area contributed by atoms with Gasteiger partial charge in [-0.1, -0.05) is 6.07 Å². The fraction of sp³-hybridized carbons (Fsp3) is 0.368. The minimum atomic E-state index is -0.118. The Kier molecular flexibility index (Phi) is 5.15. The molecule has 27 heavy (non-hydrogen) atoms. The smallest absolute Gasteiger partial charge is 0.267 e. The van der Waals surface area contributed by atoms with Gasteiger partial charge in [0.1, 0.15) is 5.69 Å². The van der Waals surface area contributed by atoms with Gasteiger partial charge in [0.25, 0.3) is 5.56 Å². The van der Waals surface area contributed by atoms with Crippen LogP contribution in [0.25, 0.3) is 10.6 Å². The Morgan fingerprint density at radius 1 is 1.30 bits per heavy atom. The molecule has 4 rings (SSSR count). The minimum Gasteiger partial charge on any atom is -0.340 e. The van der Waals surface area contributed by atoms with E-state index in [9.17, 15) is 9.59 Å². The fourth-order valence-corrected chi connectivity index (χ4v) is 4.12. The molecule has 0 saturated carbocycles. The molecule has 0 unspecified atom stereocenters. The van der Waals surface area contributed by atoms with Gasteiger partial charge in [-0.2, -0.15) is 5.10 Å². The number of hydrogen-bond donors (Lipinski definition) is 0. The van der Waals surface area contributed by atoms with Crippen molar-refractivity contribution in [3.63, 3.8) is 0 Å². The number of hydrogen-bond acceptors (Lipinski definition) is 5. The summed E-state index contributed by atoms with van der Waals surface area (Å²) in [6, 6.07) is 7.22. The Morgan fingerprint density at radius 2 is 2.22 bits per heavy atom. The molecule has 1 amide bonds. The number of imidazole rings is 1. The van der Waals surface area contributed by atoms with E-state index in [2.05, 4.69) is 10.1 Å². The maximum atomic E-state index is 12.6. The van der Waals surface area contributed by atoms with Crippen molar-refractivity contribution in [2.24, 2.45) is 0 Å². The Morgan fingerprint density at radius 3 is 3.00 bits per heavy atom. The van der Waals surface area contributed by atoms with E-state index in [-0.39, 0.29) is 17.5 Å². The number of aryl methyl sites for hydroxylation is 1. The summed E-state index contributed by atoms with van der Waals surface area (Å²) in [6.45, 7) is 1.88.